The van der Waals surface area contributed by atoms with Crippen molar-refractivity contribution < 1.29 is 19.4 Å². The van der Waals surface area contributed by atoms with Gasteiger partial charge in [0.2, 0.25) is 0 Å². The number of carbonyl (C=O) groups is 2. The number of ketones is 1. The highest BCUT2D eigenvalue weighted by Crippen LogP contribution is 2.66. The van der Waals surface area contributed by atoms with Crippen LogP contribution in [0.3, 0.4) is 0 Å². The van der Waals surface area contributed by atoms with Gasteiger partial charge in [-0.1, -0.05) is 13.8 Å². The molecule has 1 spiro atoms. The molecular weight excluding hydrogens is 354 g/mol. The van der Waals surface area contributed by atoms with E-state index < -0.39 is 0 Å². The SMILES string of the molecule is C[C@]12CC[C@@]3(CC1CCC1C2CC[C@]2(C)C(=O)CCC12)CN(CCO)C(=O)O3. The molecule has 5 fully saturated rings. The number of Topliss-reactive ketones (excluding diaryl/α,β-unsaturated/α-hetero) is 1. The molecule has 7 atom stereocenters. The predicted octanol–water partition coefficient (Wildman–Crippen LogP) is 3.78. The average molecular weight is 390 g/mol. The lowest BCUT2D eigenvalue weighted by atomic mass is 9.44. The zero-order chi connectivity index (χ0) is 19.7. The fourth-order valence-electron chi connectivity index (χ4n) is 8.30. The Morgan fingerprint density at radius 2 is 1.89 bits per heavy atom. The van der Waals surface area contributed by atoms with Gasteiger partial charge in [0.05, 0.1) is 13.2 Å². The number of fused-ring (bicyclic) bond motifs is 5. The molecule has 1 saturated heterocycles. The van der Waals surface area contributed by atoms with Crippen LogP contribution in [0.1, 0.15) is 71.6 Å². The molecular formula is C23H35NO4. The molecule has 0 radical (unpaired) electrons. The molecule has 0 aromatic heterocycles. The van der Waals surface area contributed by atoms with Crippen molar-refractivity contribution in [2.75, 3.05) is 19.7 Å². The minimum atomic E-state index is -0.338. The van der Waals surface area contributed by atoms with Crippen molar-refractivity contribution in [1.29, 1.82) is 0 Å². The number of hydrogen-bond donors (Lipinski definition) is 1. The van der Waals surface area contributed by atoms with Gasteiger partial charge in [-0.05, 0) is 80.5 Å². The third-order valence-corrected chi connectivity index (χ3v) is 9.92. The van der Waals surface area contributed by atoms with Crippen LogP contribution in [0.2, 0.25) is 0 Å². The maximum atomic E-state index is 12.6. The van der Waals surface area contributed by atoms with E-state index in [9.17, 15) is 14.7 Å². The fraction of sp³-hybridized carbons (Fsp3) is 0.913. The maximum Gasteiger partial charge on any atom is 0.410 e. The average Bonchev–Trinajstić information content (AvgIpc) is 3.13. The van der Waals surface area contributed by atoms with Gasteiger partial charge in [0, 0.05) is 18.4 Å². The van der Waals surface area contributed by atoms with Crippen molar-refractivity contribution in [2.24, 2.45) is 34.5 Å². The van der Waals surface area contributed by atoms with Gasteiger partial charge in [-0.15, -0.1) is 0 Å². The number of aliphatic hydroxyl groups excluding tert-OH is 1. The summed E-state index contributed by atoms with van der Waals surface area (Å²) < 4.78 is 5.92. The zero-order valence-corrected chi connectivity index (χ0v) is 17.4. The topological polar surface area (TPSA) is 66.8 Å². The van der Waals surface area contributed by atoms with Crippen LogP contribution < -0.4 is 0 Å². The standard InChI is InChI=1S/C23H35NO4/c1-21-9-10-23(14-24(11-12-25)20(27)28-23)13-15(21)3-4-16-17-5-6-19(26)22(17,2)8-7-18(16)21/h15-18,25H,3-14H2,1-2H3/t15?,16?,17?,18?,21-,22-,23+/m0/s1. The molecule has 0 aromatic carbocycles. The van der Waals surface area contributed by atoms with Gasteiger partial charge in [-0.2, -0.15) is 0 Å². The monoisotopic (exact) mass is 389 g/mol. The van der Waals surface area contributed by atoms with Crippen LogP contribution in [0.5, 0.6) is 0 Å². The number of rotatable bonds is 2. The summed E-state index contributed by atoms with van der Waals surface area (Å²) in [7, 11) is 0. The lowest BCUT2D eigenvalue weighted by molar-refractivity contribution is -0.149. The number of carbonyl (C=O) groups excluding carboxylic acids is 2. The van der Waals surface area contributed by atoms with Gasteiger partial charge in [-0.25, -0.2) is 4.79 Å². The minimum absolute atomic E-state index is 0.00501. The number of amides is 1. The number of ether oxygens (including phenoxy) is 1. The first-order chi connectivity index (χ1) is 13.3. The molecule has 28 heavy (non-hydrogen) atoms. The lowest BCUT2D eigenvalue weighted by Crippen LogP contribution is -2.56. The van der Waals surface area contributed by atoms with Gasteiger partial charge >= 0.3 is 6.09 Å². The molecule has 4 aliphatic carbocycles. The van der Waals surface area contributed by atoms with E-state index in [1.54, 1.807) is 4.90 Å². The quantitative estimate of drug-likeness (QED) is 0.780. The minimum Gasteiger partial charge on any atom is -0.441 e. The molecule has 5 rings (SSSR count). The van der Waals surface area contributed by atoms with Crippen LogP contribution in [0.4, 0.5) is 4.79 Å². The van der Waals surface area contributed by atoms with Crippen LogP contribution >= 0.6 is 0 Å². The third kappa shape index (κ3) is 2.47. The van der Waals surface area contributed by atoms with Gasteiger partial charge in [0.25, 0.3) is 0 Å². The first-order valence-corrected chi connectivity index (χ1v) is 11.4. The molecule has 1 aliphatic heterocycles. The summed E-state index contributed by atoms with van der Waals surface area (Å²) in [4.78, 5) is 26.5. The van der Waals surface area contributed by atoms with E-state index in [1.165, 1.54) is 19.3 Å². The molecule has 1 heterocycles. The van der Waals surface area contributed by atoms with Crippen molar-refractivity contribution in [3.63, 3.8) is 0 Å². The molecule has 5 heteroatoms. The Balaban J connectivity index is 1.36. The summed E-state index contributed by atoms with van der Waals surface area (Å²) in [6.45, 7) is 5.77. The van der Waals surface area contributed by atoms with Crippen LogP contribution in [-0.2, 0) is 9.53 Å². The van der Waals surface area contributed by atoms with Gasteiger partial charge < -0.3 is 14.7 Å². The Morgan fingerprint density at radius 3 is 2.68 bits per heavy atom. The van der Waals surface area contributed by atoms with Crippen LogP contribution in [0, 0.1) is 34.5 Å². The summed E-state index contributed by atoms with van der Waals surface area (Å²) in [5.41, 5.74) is -0.0697. The van der Waals surface area contributed by atoms with Gasteiger partial charge in [0.1, 0.15) is 11.4 Å². The maximum absolute atomic E-state index is 12.6. The highest BCUT2D eigenvalue weighted by atomic mass is 16.6. The highest BCUT2D eigenvalue weighted by molar-refractivity contribution is 5.87. The number of β-amino-alcohol motifs (C(OH)–C–C–N with tert-alkyl or cyclic N) is 1. The molecule has 5 aliphatic rings. The summed E-state index contributed by atoms with van der Waals surface area (Å²) in [5, 5.41) is 9.23. The molecule has 4 saturated carbocycles. The summed E-state index contributed by atoms with van der Waals surface area (Å²) in [6, 6.07) is 0. The third-order valence-electron chi connectivity index (χ3n) is 9.92. The molecule has 4 unspecified atom stereocenters. The second-order valence-electron chi connectivity index (χ2n) is 11.0. The van der Waals surface area contributed by atoms with E-state index >= 15 is 0 Å². The molecule has 156 valence electrons. The highest BCUT2D eigenvalue weighted by Gasteiger charge is 2.62. The van der Waals surface area contributed by atoms with Crippen molar-refractivity contribution in [1.82, 2.24) is 4.90 Å². The molecule has 5 nitrogen and oxygen atoms in total. The van der Waals surface area contributed by atoms with Crippen molar-refractivity contribution in [3.05, 3.63) is 0 Å². The molecule has 0 aromatic rings. The Bertz CT molecular complexity index is 694. The van der Waals surface area contributed by atoms with E-state index in [0.29, 0.717) is 42.0 Å². The van der Waals surface area contributed by atoms with E-state index in [0.717, 1.165) is 44.4 Å². The first-order valence-electron chi connectivity index (χ1n) is 11.4. The summed E-state index contributed by atoms with van der Waals surface area (Å²) in [5.74, 6) is 3.14. The summed E-state index contributed by atoms with van der Waals surface area (Å²) in [6.07, 6.45) is 9.41. The van der Waals surface area contributed by atoms with Crippen LogP contribution in [0.25, 0.3) is 0 Å². The first kappa shape index (κ1) is 18.9. The van der Waals surface area contributed by atoms with Crippen LogP contribution in [0.15, 0.2) is 0 Å². The van der Waals surface area contributed by atoms with Crippen molar-refractivity contribution in [2.45, 2.75) is 77.2 Å². The van der Waals surface area contributed by atoms with E-state index in [-0.39, 0.29) is 23.7 Å². The smallest absolute Gasteiger partial charge is 0.410 e. The molecule has 1 amide bonds. The lowest BCUT2D eigenvalue weighted by Gasteiger charge is -2.61. The van der Waals surface area contributed by atoms with Crippen molar-refractivity contribution in [3.8, 4) is 0 Å². The Hall–Kier alpha value is -1.10. The molecule has 1 N–H and O–H groups in total. The Kier molecular flexibility index (Phi) is 4.18. The Morgan fingerprint density at radius 1 is 1.07 bits per heavy atom. The largest absolute Gasteiger partial charge is 0.441 e. The second kappa shape index (κ2) is 6.20. The van der Waals surface area contributed by atoms with Gasteiger partial charge in [-0.3, -0.25) is 4.79 Å². The summed E-state index contributed by atoms with van der Waals surface area (Å²) >= 11 is 0. The van der Waals surface area contributed by atoms with E-state index in [1.807, 2.05) is 0 Å². The normalized spacial score (nSPS) is 50.3. The van der Waals surface area contributed by atoms with Gasteiger partial charge in [0.15, 0.2) is 0 Å². The number of hydrogen-bond acceptors (Lipinski definition) is 4. The Labute approximate surface area is 168 Å². The fourth-order valence-corrected chi connectivity index (χ4v) is 8.30. The predicted molar refractivity (Wildman–Crippen MR) is 105 cm³/mol. The van der Waals surface area contributed by atoms with E-state index in [2.05, 4.69) is 13.8 Å². The van der Waals surface area contributed by atoms with Crippen LogP contribution in [-0.4, -0.2) is 47.2 Å². The van der Waals surface area contributed by atoms with Crippen molar-refractivity contribution >= 4 is 11.9 Å². The number of nitrogens with zero attached hydrogens (tertiary/aromatic N) is 1. The molecule has 0 bridgehead atoms. The number of aliphatic hydroxyl groups is 1. The zero-order valence-electron chi connectivity index (χ0n) is 17.4. The second-order valence-corrected chi connectivity index (χ2v) is 11.0. The van der Waals surface area contributed by atoms with E-state index in [4.69, 9.17) is 4.74 Å².